The first-order chi connectivity index (χ1) is 7.06. The highest BCUT2D eigenvalue weighted by Crippen LogP contribution is 2.23. The molecule has 0 spiro atoms. The molecule has 0 aliphatic carbocycles. The molecule has 0 aliphatic rings. The molecule has 0 unspecified atom stereocenters. The molecule has 3 N–H and O–H groups in total. The Balaban J connectivity index is 2.86. The average molecular weight is 229 g/mol. The van der Waals surface area contributed by atoms with Gasteiger partial charge in [-0.05, 0) is 25.4 Å². The maximum Gasteiger partial charge on any atom is 0.340 e. The Bertz CT molecular complexity index is 388. The monoisotopic (exact) mass is 229 g/mol. The van der Waals surface area contributed by atoms with Crippen molar-refractivity contribution in [1.82, 2.24) is 9.69 Å². The summed E-state index contributed by atoms with van der Waals surface area (Å²) in [6, 6.07) is -0.427. The number of carbonyl (C=O) groups excluding carboxylic acids is 1. The van der Waals surface area contributed by atoms with Gasteiger partial charge in [0.2, 0.25) is 0 Å². The number of carboxylic acid groups (broad SMARTS) is 1. The van der Waals surface area contributed by atoms with Crippen molar-refractivity contribution in [2.45, 2.75) is 13.8 Å². The third kappa shape index (κ3) is 2.66. The van der Waals surface area contributed by atoms with Crippen LogP contribution in [-0.2, 0) is 0 Å². The van der Waals surface area contributed by atoms with E-state index in [-0.39, 0.29) is 10.6 Å². The molecular weight excluding hydrogens is 218 g/mol. The molecule has 7 heteroatoms. The normalized spacial score (nSPS) is 9.73. The fourth-order valence-electron chi connectivity index (χ4n) is 1.01. The number of hydrogen-bond donors (Lipinski definition) is 3. The van der Waals surface area contributed by atoms with Crippen LogP contribution in [0.15, 0.2) is 0 Å². The molecule has 0 atom stereocenters. The Morgan fingerprint density at radius 1 is 1.53 bits per heavy atom. The van der Waals surface area contributed by atoms with Crippen LogP contribution in [0.25, 0.3) is 0 Å². The lowest BCUT2D eigenvalue weighted by Crippen LogP contribution is -2.28. The Morgan fingerprint density at radius 3 is 2.73 bits per heavy atom. The number of urea groups is 1. The molecule has 2 amide bonds. The fourth-order valence-corrected chi connectivity index (χ4v) is 1.80. The quantitative estimate of drug-likeness (QED) is 0.728. The number of carboxylic acids is 1. The molecule has 0 fully saturated rings. The van der Waals surface area contributed by atoms with E-state index in [9.17, 15) is 9.59 Å². The summed E-state index contributed by atoms with van der Waals surface area (Å²) >= 11 is 0.956. The first-order valence-electron chi connectivity index (χ1n) is 4.30. The molecule has 0 bridgehead atoms. The van der Waals surface area contributed by atoms with Crippen LogP contribution < -0.4 is 10.6 Å². The van der Waals surface area contributed by atoms with Crippen molar-refractivity contribution in [3.05, 3.63) is 11.3 Å². The number of aromatic nitrogens is 1. The van der Waals surface area contributed by atoms with Crippen LogP contribution in [0.2, 0.25) is 0 Å². The van der Waals surface area contributed by atoms with Crippen LogP contribution >= 0.6 is 11.5 Å². The number of amides is 2. The highest BCUT2D eigenvalue weighted by Gasteiger charge is 2.18. The lowest BCUT2D eigenvalue weighted by atomic mass is 10.2. The van der Waals surface area contributed by atoms with Crippen molar-refractivity contribution in [3.8, 4) is 0 Å². The number of hydrogen-bond acceptors (Lipinski definition) is 4. The van der Waals surface area contributed by atoms with Gasteiger partial charge in [0.25, 0.3) is 0 Å². The number of aromatic carboxylic acids is 1. The molecule has 0 saturated carbocycles. The van der Waals surface area contributed by atoms with E-state index in [0.717, 1.165) is 11.5 Å². The van der Waals surface area contributed by atoms with Crippen molar-refractivity contribution >= 4 is 28.5 Å². The Labute approximate surface area is 90.5 Å². The third-order valence-corrected chi connectivity index (χ3v) is 2.49. The van der Waals surface area contributed by atoms with Crippen molar-refractivity contribution in [2.24, 2.45) is 0 Å². The van der Waals surface area contributed by atoms with Gasteiger partial charge in [0.15, 0.2) is 0 Å². The second-order valence-corrected chi connectivity index (χ2v) is 3.54. The molecule has 1 aromatic heterocycles. The molecule has 0 saturated heterocycles. The smallest absolute Gasteiger partial charge is 0.340 e. The summed E-state index contributed by atoms with van der Waals surface area (Å²) in [7, 11) is 0. The second-order valence-electron chi connectivity index (χ2n) is 2.76. The molecule has 15 heavy (non-hydrogen) atoms. The number of anilines is 1. The van der Waals surface area contributed by atoms with E-state index in [2.05, 4.69) is 15.0 Å². The molecule has 0 radical (unpaired) electrons. The summed E-state index contributed by atoms with van der Waals surface area (Å²) in [5, 5.41) is 14.1. The van der Waals surface area contributed by atoms with Crippen molar-refractivity contribution in [3.63, 3.8) is 0 Å². The minimum Gasteiger partial charge on any atom is -0.478 e. The van der Waals surface area contributed by atoms with Gasteiger partial charge < -0.3 is 10.4 Å². The van der Waals surface area contributed by atoms with Crippen LogP contribution in [0.5, 0.6) is 0 Å². The molecule has 1 rings (SSSR count). The zero-order chi connectivity index (χ0) is 11.4. The first-order valence-corrected chi connectivity index (χ1v) is 5.08. The standard InChI is InChI=1S/C8H11N3O3S/c1-3-9-8(14)10-6-5(7(12)13)4(2)11-15-6/h3H2,1-2H3,(H,12,13)(H2,9,10,14). The van der Waals surface area contributed by atoms with E-state index >= 15 is 0 Å². The maximum absolute atomic E-state index is 11.2. The third-order valence-electron chi connectivity index (χ3n) is 1.64. The summed E-state index contributed by atoms with van der Waals surface area (Å²) in [5.41, 5.74) is 0.450. The Hall–Kier alpha value is -1.63. The molecule has 6 nitrogen and oxygen atoms in total. The van der Waals surface area contributed by atoms with E-state index in [0.29, 0.717) is 12.2 Å². The van der Waals surface area contributed by atoms with E-state index in [4.69, 9.17) is 5.11 Å². The Morgan fingerprint density at radius 2 is 2.20 bits per heavy atom. The Kier molecular flexibility index (Phi) is 3.62. The van der Waals surface area contributed by atoms with E-state index in [1.807, 2.05) is 0 Å². The van der Waals surface area contributed by atoms with Gasteiger partial charge in [0.1, 0.15) is 10.6 Å². The second kappa shape index (κ2) is 4.74. The molecular formula is C8H11N3O3S. The molecule has 82 valence electrons. The molecule has 1 aromatic rings. The molecule has 0 aromatic carbocycles. The number of carbonyl (C=O) groups is 2. The van der Waals surface area contributed by atoms with Crippen molar-refractivity contribution in [1.29, 1.82) is 0 Å². The summed E-state index contributed by atoms with van der Waals surface area (Å²) in [5.74, 6) is -1.09. The average Bonchev–Trinajstić information content (AvgIpc) is 2.47. The van der Waals surface area contributed by atoms with Crippen molar-refractivity contribution in [2.75, 3.05) is 11.9 Å². The fraction of sp³-hybridized carbons (Fsp3) is 0.375. The number of aryl methyl sites for hydroxylation is 1. The number of rotatable bonds is 3. The topological polar surface area (TPSA) is 91.3 Å². The highest BCUT2D eigenvalue weighted by atomic mass is 32.1. The predicted molar refractivity (Wildman–Crippen MR) is 56.5 cm³/mol. The predicted octanol–water partition coefficient (Wildman–Crippen LogP) is 1.29. The summed E-state index contributed by atoms with van der Waals surface area (Å²) in [6.45, 7) is 3.84. The van der Waals surface area contributed by atoms with Gasteiger partial charge >= 0.3 is 12.0 Å². The van der Waals surface area contributed by atoms with Gasteiger partial charge in [-0.3, -0.25) is 5.32 Å². The van der Waals surface area contributed by atoms with Crippen LogP contribution in [0.4, 0.5) is 9.80 Å². The maximum atomic E-state index is 11.2. The van der Waals surface area contributed by atoms with Gasteiger partial charge in [0, 0.05) is 6.54 Å². The zero-order valence-corrected chi connectivity index (χ0v) is 9.14. The lowest BCUT2D eigenvalue weighted by Gasteiger charge is -2.03. The number of nitrogens with zero attached hydrogens (tertiary/aromatic N) is 1. The van der Waals surface area contributed by atoms with Crippen molar-refractivity contribution < 1.29 is 14.7 Å². The van der Waals surface area contributed by atoms with Gasteiger partial charge in [-0.15, -0.1) is 0 Å². The zero-order valence-electron chi connectivity index (χ0n) is 8.33. The van der Waals surface area contributed by atoms with Crippen LogP contribution in [0, 0.1) is 6.92 Å². The highest BCUT2D eigenvalue weighted by molar-refractivity contribution is 7.11. The first kappa shape index (κ1) is 11.4. The minimum atomic E-state index is -1.09. The number of nitrogens with one attached hydrogen (secondary N) is 2. The van der Waals surface area contributed by atoms with E-state index in [1.165, 1.54) is 0 Å². The van der Waals surface area contributed by atoms with Crippen LogP contribution in [0.1, 0.15) is 23.0 Å². The summed E-state index contributed by atoms with van der Waals surface area (Å²) in [4.78, 5) is 22.0. The summed E-state index contributed by atoms with van der Waals surface area (Å²) < 4.78 is 3.87. The van der Waals surface area contributed by atoms with E-state index < -0.39 is 12.0 Å². The summed E-state index contributed by atoms with van der Waals surface area (Å²) in [6.07, 6.45) is 0. The SMILES string of the molecule is CCNC(=O)Nc1snc(C)c1C(=O)O. The van der Waals surface area contributed by atoms with Gasteiger partial charge in [0.05, 0.1) is 5.69 Å². The largest absolute Gasteiger partial charge is 0.478 e. The molecule has 0 aliphatic heterocycles. The van der Waals surface area contributed by atoms with E-state index in [1.54, 1.807) is 13.8 Å². The van der Waals surface area contributed by atoms with Crippen LogP contribution in [0.3, 0.4) is 0 Å². The lowest BCUT2D eigenvalue weighted by molar-refractivity contribution is 0.0697. The minimum absolute atomic E-state index is 0.0475. The van der Waals surface area contributed by atoms with Crippen LogP contribution in [-0.4, -0.2) is 28.0 Å². The van der Waals surface area contributed by atoms with Gasteiger partial charge in [-0.1, -0.05) is 0 Å². The molecule has 1 heterocycles. The van der Waals surface area contributed by atoms with Gasteiger partial charge in [-0.2, -0.15) is 4.37 Å². The van der Waals surface area contributed by atoms with Gasteiger partial charge in [-0.25, -0.2) is 9.59 Å².